The third kappa shape index (κ3) is 3.28. The topological polar surface area (TPSA) is 43.4 Å². The SMILES string of the molecule is CCNC(=NCCc1c[nH]c2ccccc12)N(C)C. The Bertz CT molecular complexity index is 554. The normalized spacial score (nSPS) is 11.8. The van der Waals surface area contributed by atoms with E-state index in [2.05, 4.69) is 52.7 Å². The Hall–Kier alpha value is -1.97. The third-order valence-electron chi connectivity index (χ3n) is 3.08. The molecule has 2 aromatic rings. The summed E-state index contributed by atoms with van der Waals surface area (Å²) in [5.41, 5.74) is 2.52. The Balaban J connectivity index is 2.04. The highest BCUT2D eigenvalue weighted by molar-refractivity contribution is 5.83. The molecule has 1 aromatic carbocycles. The first kappa shape index (κ1) is 13.5. The van der Waals surface area contributed by atoms with Crippen LogP contribution in [0.5, 0.6) is 0 Å². The molecule has 2 N–H and O–H groups in total. The van der Waals surface area contributed by atoms with Crippen molar-refractivity contribution in [2.75, 3.05) is 27.2 Å². The van der Waals surface area contributed by atoms with Gasteiger partial charge in [0, 0.05) is 44.3 Å². The van der Waals surface area contributed by atoms with E-state index in [4.69, 9.17) is 0 Å². The summed E-state index contributed by atoms with van der Waals surface area (Å²) in [6.07, 6.45) is 3.04. The van der Waals surface area contributed by atoms with Gasteiger partial charge in [-0.05, 0) is 25.0 Å². The average molecular weight is 258 g/mol. The van der Waals surface area contributed by atoms with Crippen LogP contribution in [-0.2, 0) is 6.42 Å². The van der Waals surface area contributed by atoms with Crippen molar-refractivity contribution < 1.29 is 0 Å². The molecular formula is C15H22N4. The number of aromatic nitrogens is 1. The first-order valence-corrected chi connectivity index (χ1v) is 6.73. The van der Waals surface area contributed by atoms with Crippen LogP contribution >= 0.6 is 0 Å². The number of aliphatic imine (C=N–C) groups is 1. The van der Waals surface area contributed by atoms with Crippen molar-refractivity contribution in [2.45, 2.75) is 13.3 Å². The van der Waals surface area contributed by atoms with Crippen LogP contribution in [0.2, 0.25) is 0 Å². The van der Waals surface area contributed by atoms with Gasteiger partial charge < -0.3 is 15.2 Å². The summed E-state index contributed by atoms with van der Waals surface area (Å²) in [4.78, 5) is 9.92. The standard InChI is InChI=1S/C15H22N4/c1-4-16-15(19(2)3)17-10-9-12-11-18-14-8-6-5-7-13(12)14/h5-8,11,18H,4,9-10H2,1-3H3,(H,16,17). The molecule has 1 heterocycles. The molecule has 0 radical (unpaired) electrons. The zero-order valence-electron chi connectivity index (χ0n) is 11.9. The van der Waals surface area contributed by atoms with Crippen LogP contribution < -0.4 is 5.32 Å². The largest absolute Gasteiger partial charge is 0.361 e. The lowest BCUT2D eigenvalue weighted by atomic mass is 10.1. The Labute approximate surface area is 114 Å². The van der Waals surface area contributed by atoms with E-state index in [0.29, 0.717) is 0 Å². The summed E-state index contributed by atoms with van der Waals surface area (Å²) in [5, 5.41) is 4.57. The van der Waals surface area contributed by atoms with Gasteiger partial charge in [-0.15, -0.1) is 0 Å². The first-order chi connectivity index (χ1) is 9.22. The van der Waals surface area contributed by atoms with Crippen molar-refractivity contribution >= 4 is 16.9 Å². The minimum Gasteiger partial charge on any atom is -0.361 e. The number of guanidine groups is 1. The van der Waals surface area contributed by atoms with Gasteiger partial charge in [0.1, 0.15) is 0 Å². The zero-order chi connectivity index (χ0) is 13.7. The van der Waals surface area contributed by atoms with Crippen LogP contribution in [0.15, 0.2) is 35.5 Å². The molecule has 0 aliphatic carbocycles. The molecule has 0 spiro atoms. The van der Waals surface area contributed by atoms with Gasteiger partial charge in [-0.2, -0.15) is 0 Å². The molecule has 0 fully saturated rings. The molecule has 4 nitrogen and oxygen atoms in total. The second kappa shape index (κ2) is 6.27. The van der Waals surface area contributed by atoms with Crippen LogP contribution in [0, 0.1) is 0 Å². The lowest BCUT2D eigenvalue weighted by molar-refractivity contribution is 0.583. The van der Waals surface area contributed by atoms with Crippen molar-refractivity contribution in [3.63, 3.8) is 0 Å². The van der Waals surface area contributed by atoms with Gasteiger partial charge in [0.15, 0.2) is 5.96 Å². The molecule has 0 saturated carbocycles. The second-order valence-corrected chi connectivity index (χ2v) is 4.74. The second-order valence-electron chi connectivity index (χ2n) is 4.74. The molecule has 0 unspecified atom stereocenters. The van der Waals surface area contributed by atoms with Crippen LogP contribution in [0.4, 0.5) is 0 Å². The fraction of sp³-hybridized carbons (Fsp3) is 0.400. The quantitative estimate of drug-likeness (QED) is 0.652. The maximum atomic E-state index is 4.61. The predicted molar refractivity (Wildman–Crippen MR) is 81.7 cm³/mol. The number of nitrogens with one attached hydrogen (secondary N) is 2. The van der Waals surface area contributed by atoms with Crippen molar-refractivity contribution in [3.8, 4) is 0 Å². The van der Waals surface area contributed by atoms with E-state index in [-0.39, 0.29) is 0 Å². The van der Waals surface area contributed by atoms with Crippen LogP contribution in [0.1, 0.15) is 12.5 Å². The molecule has 0 amide bonds. The fourth-order valence-electron chi connectivity index (χ4n) is 2.13. The lowest BCUT2D eigenvalue weighted by Crippen LogP contribution is -2.36. The van der Waals surface area contributed by atoms with Gasteiger partial charge in [0.2, 0.25) is 0 Å². The lowest BCUT2D eigenvalue weighted by Gasteiger charge is -2.16. The van der Waals surface area contributed by atoms with Gasteiger partial charge >= 0.3 is 0 Å². The van der Waals surface area contributed by atoms with E-state index in [1.807, 2.05) is 19.0 Å². The number of benzene rings is 1. The molecule has 19 heavy (non-hydrogen) atoms. The van der Waals surface area contributed by atoms with Crippen molar-refractivity contribution in [2.24, 2.45) is 4.99 Å². The van der Waals surface area contributed by atoms with E-state index < -0.39 is 0 Å². The zero-order valence-corrected chi connectivity index (χ0v) is 11.9. The van der Waals surface area contributed by atoms with Crippen LogP contribution in [0.3, 0.4) is 0 Å². The first-order valence-electron chi connectivity index (χ1n) is 6.73. The third-order valence-corrected chi connectivity index (χ3v) is 3.08. The summed E-state index contributed by atoms with van der Waals surface area (Å²) < 4.78 is 0. The van der Waals surface area contributed by atoms with Gasteiger partial charge in [-0.25, -0.2) is 0 Å². The number of hydrogen-bond acceptors (Lipinski definition) is 1. The number of H-pyrrole nitrogens is 1. The fourth-order valence-corrected chi connectivity index (χ4v) is 2.13. The van der Waals surface area contributed by atoms with Gasteiger partial charge in [0.05, 0.1) is 0 Å². The molecule has 4 heteroatoms. The highest BCUT2D eigenvalue weighted by Gasteiger charge is 2.03. The van der Waals surface area contributed by atoms with Crippen LogP contribution in [0.25, 0.3) is 10.9 Å². The summed E-state index contributed by atoms with van der Waals surface area (Å²) >= 11 is 0. The van der Waals surface area contributed by atoms with E-state index in [1.54, 1.807) is 0 Å². The number of fused-ring (bicyclic) bond motifs is 1. The smallest absolute Gasteiger partial charge is 0.193 e. The van der Waals surface area contributed by atoms with Crippen molar-refractivity contribution in [1.82, 2.24) is 15.2 Å². The van der Waals surface area contributed by atoms with Gasteiger partial charge in [-0.1, -0.05) is 18.2 Å². The maximum Gasteiger partial charge on any atom is 0.193 e. The molecular weight excluding hydrogens is 236 g/mol. The number of aromatic amines is 1. The number of hydrogen-bond donors (Lipinski definition) is 2. The molecule has 102 valence electrons. The summed E-state index contributed by atoms with van der Waals surface area (Å²) in [6.45, 7) is 3.77. The Morgan fingerprint density at radius 3 is 2.84 bits per heavy atom. The van der Waals surface area contributed by atoms with E-state index in [1.165, 1.54) is 16.5 Å². The molecule has 2 rings (SSSR count). The molecule has 0 atom stereocenters. The molecule has 0 saturated heterocycles. The van der Waals surface area contributed by atoms with Crippen molar-refractivity contribution in [3.05, 3.63) is 36.0 Å². The molecule has 1 aromatic heterocycles. The highest BCUT2D eigenvalue weighted by Crippen LogP contribution is 2.17. The Morgan fingerprint density at radius 2 is 2.11 bits per heavy atom. The van der Waals surface area contributed by atoms with Crippen molar-refractivity contribution in [1.29, 1.82) is 0 Å². The Kier molecular flexibility index (Phi) is 4.44. The van der Waals surface area contributed by atoms with E-state index in [0.717, 1.165) is 25.5 Å². The highest BCUT2D eigenvalue weighted by atomic mass is 15.3. The molecule has 0 aliphatic heterocycles. The van der Waals surface area contributed by atoms with E-state index >= 15 is 0 Å². The summed E-state index contributed by atoms with van der Waals surface area (Å²) in [6, 6.07) is 8.39. The molecule has 0 bridgehead atoms. The minimum atomic E-state index is 0.794. The summed E-state index contributed by atoms with van der Waals surface area (Å²) in [7, 11) is 4.01. The maximum absolute atomic E-state index is 4.61. The van der Waals surface area contributed by atoms with Crippen LogP contribution in [-0.4, -0.2) is 43.0 Å². The van der Waals surface area contributed by atoms with Gasteiger partial charge in [-0.3, -0.25) is 4.99 Å². The monoisotopic (exact) mass is 258 g/mol. The van der Waals surface area contributed by atoms with E-state index in [9.17, 15) is 0 Å². The summed E-state index contributed by atoms with van der Waals surface area (Å²) in [5.74, 6) is 0.947. The number of para-hydroxylation sites is 1. The molecule has 0 aliphatic rings. The minimum absolute atomic E-state index is 0.794. The number of nitrogens with zero attached hydrogens (tertiary/aromatic N) is 2. The predicted octanol–water partition coefficient (Wildman–Crippen LogP) is 2.24. The Morgan fingerprint density at radius 1 is 1.32 bits per heavy atom. The average Bonchev–Trinajstić information content (AvgIpc) is 2.81. The van der Waals surface area contributed by atoms with Gasteiger partial charge in [0.25, 0.3) is 0 Å². The number of rotatable bonds is 4.